The van der Waals surface area contributed by atoms with E-state index in [1.54, 1.807) is 14.2 Å². The van der Waals surface area contributed by atoms with Crippen LogP contribution in [-0.2, 0) is 11.3 Å². The van der Waals surface area contributed by atoms with Gasteiger partial charge < -0.3 is 19.7 Å². The molecule has 1 unspecified atom stereocenters. The number of hydrogen-bond donors (Lipinski definition) is 3. The zero-order valence-electron chi connectivity index (χ0n) is 16.0. The summed E-state index contributed by atoms with van der Waals surface area (Å²) < 4.78 is 10.7. The maximum atomic E-state index is 12.8. The Morgan fingerprint density at radius 1 is 1.07 bits per heavy atom. The molecule has 3 amide bonds. The van der Waals surface area contributed by atoms with Gasteiger partial charge in [-0.05, 0) is 12.1 Å². The first-order valence-corrected chi connectivity index (χ1v) is 8.60. The number of carbonyl (C=O) groups is 2. The standard InChI is InChI=1S/C20H25N3O4/c1-21-20(25)22-19(24)18(14-8-6-5-7-9-14)23(2)13-15-10-11-16(26-3)12-17(15)27-4/h5-12,18H,13H2,1-4H3,(H2,21,22,24,25)/p+1/t18-/m0/s1. The Labute approximate surface area is 159 Å². The Morgan fingerprint density at radius 2 is 1.78 bits per heavy atom. The van der Waals surface area contributed by atoms with E-state index in [4.69, 9.17) is 9.47 Å². The van der Waals surface area contributed by atoms with Gasteiger partial charge in [0.25, 0.3) is 5.91 Å². The summed E-state index contributed by atoms with van der Waals surface area (Å²) in [7, 11) is 6.57. The highest BCUT2D eigenvalue weighted by Crippen LogP contribution is 2.24. The summed E-state index contributed by atoms with van der Waals surface area (Å²) in [6.45, 7) is 0.522. The molecule has 0 saturated carbocycles. The number of likely N-dealkylation sites (N-methyl/N-ethyl adjacent to an activating group) is 1. The van der Waals surface area contributed by atoms with Gasteiger partial charge in [-0.15, -0.1) is 0 Å². The number of rotatable bonds is 7. The molecule has 0 radical (unpaired) electrons. The molecule has 0 fully saturated rings. The van der Waals surface area contributed by atoms with Crippen LogP contribution in [0, 0.1) is 0 Å². The number of imide groups is 1. The molecule has 0 aliphatic rings. The summed E-state index contributed by atoms with van der Waals surface area (Å²) in [4.78, 5) is 25.3. The highest BCUT2D eigenvalue weighted by Gasteiger charge is 2.30. The zero-order valence-corrected chi connectivity index (χ0v) is 16.0. The van der Waals surface area contributed by atoms with Crippen LogP contribution < -0.4 is 25.0 Å². The molecule has 2 aromatic carbocycles. The van der Waals surface area contributed by atoms with Crippen molar-refractivity contribution >= 4 is 11.9 Å². The molecule has 27 heavy (non-hydrogen) atoms. The fraction of sp³-hybridized carbons (Fsp3) is 0.300. The summed E-state index contributed by atoms with van der Waals surface area (Å²) in [5.74, 6) is 1.02. The van der Waals surface area contributed by atoms with Crippen molar-refractivity contribution in [1.82, 2.24) is 10.6 Å². The number of carbonyl (C=O) groups excluding carboxylic acids is 2. The quantitative estimate of drug-likeness (QED) is 0.675. The average Bonchev–Trinajstić information content (AvgIpc) is 2.69. The van der Waals surface area contributed by atoms with Crippen molar-refractivity contribution in [2.75, 3.05) is 28.3 Å². The minimum Gasteiger partial charge on any atom is -0.497 e. The van der Waals surface area contributed by atoms with Crippen LogP contribution in [0.5, 0.6) is 11.5 Å². The number of nitrogens with one attached hydrogen (secondary N) is 3. The van der Waals surface area contributed by atoms with E-state index in [2.05, 4.69) is 10.6 Å². The molecule has 7 heteroatoms. The summed E-state index contributed by atoms with van der Waals surface area (Å²) >= 11 is 0. The molecular formula is C20H26N3O4+. The second kappa shape index (κ2) is 9.59. The molecule has 0 saturated heterocycles. The van der Waals surface area contributed by atoms with E-state index in [1.807, 2.05) is 55.6 Å². The molecule has 0 aromatic heterocycles. The van der Waals surface area contributed by atoms with Crippen LogP contribution in [0.15, 0.2) is 48.5 Å². The van der Waals surface area contributed by atoms with Crippen LogP contribution in [0.3, 0.4) is 0 Å². The summed E-state index contributed by atoms with van der Waals surface area (Å²) in [6, 6.07) is 13.9. The Balaban J connectivity index is 2.30. The molecule has 0 aliphatic carbocycles. The van der Waals surface area contributed by atoms with Gasteiger partial charge in [0.2, 0.25) is 0 Å². The number of ether oxygens (including phenoxy) is 2. The van der Waals surface area contributed by atoms with E-state index in [9.17, 15) is 9.59 Å². The van der Waals surface area contributed by atoms with Gasteiger partial charge in [-0.3, -0.25) is 10.1 Å². The molecule has 2 atom stereocenters. The van der Waals surface area contributed by atoms with Gasteiger partial charge in [0.15, 0.2) is 6.04 Å². The zero-order chi connectivity index (χ0) is 19.8. The Kier molecular flexibility index (Phi) is 7.19. The molecular weight excluding hydrogens is 346 g/mol. The maximum Gasteiger partial charge on any atom is 0.321 e. The van der Waals surface area contributed by atoms with Crippen molar-refractivity contribution in [2.45, 2.75) is 12.6 Å². The summed E-state index contributed by atoms with van der Waals surface area (Å²) in [6.07, 6.45) is 0. The van der Waals surface area contributed by atoms with Gasteiger partial charge in [0.05, 0.1) is 21.3 Å². The third-order valence-electron chi connectivity index (χ3n) is 4.32. The second-order valence-electron chi connectivity index (χ2n) is 6.11. The monoisotopic (exact) mass is 372 g/mol. The SMILES string of the molecule is CNC(=O)NC(=O)[C@H](c1ccccc1)[NH+](C)Cc1ccc(OC)cc1OC. The lowest BCUT2D eigenvalue weighted by atomic mass is 10.0. The minimum atomic E-state index is -0.560. The van der Waals surface area contributed by atoms with E-state index < -0.39 is 12.1 Å². The van der Waals surface area contributed by atoms with Crippen molar-refractivity contribution < 1.29 is 24.0 Å². The highest BCUT2D eigenvalue weighted by molar-refractivity contribution is 5.96. The summed E-state index contributed by atoms with van der Waals surface area (Å²) in [5.41, 5.74) is 1.76. The molecule has 0 bridgehead atoms. The lowest BCUT2D eigenvalue weighted by Gasteiger charge is -2.25. The third-order valence-corrected chi connectivity index (χ3v) is 4.32. The number of amides is 3. The Hall–Kier alpha value is -3.06. The molecule has 2 rings (SSSR count). The Morgan fingerprint density at radius 3 is 2.37 bits per heavy atom. The van der Waals surface area contributed by atoms with E-state index in [1.165, 1.54) is 7.05 Å². The first-order valence-electron chi connectivity index (χ1n) is 8.60. The van der Waals surface area contributed by atoms with Gasteiger partial charge in [0, 0.05) is 24.2 Å². The molecule has 2 aromatic rings. The predicted octanol–water partition coefficient (Wildman–Crippen LogP) is 0.915. The normalized spacial score (nSPS) is 12.6. The topological polar surface area (TPSA) is 81.1 Å². The predicted molar refractivity (Wildman–Crippen MR) is 102 cm³/mol. The van der Waals surface area contributed by atoms with Crippen molar-refractivity contribution in [3.63, 3.8) is 0 Å². The largest absolute Gasteiger partial charge is 0.497 e. The van der Waals surface area contributed by atoms with Gasteiger partial charge in [0.1, 0.15) is 18.0 Å². The smallest absolute Gasteiger partial charge is 0.321 e. The third kappa shape index (κ3) is 5.21. The van der Waals surface area contributed by atoms with Crippen LogP contribution in [-0.4, -0.2) is 40.3 Å². The number of methoxy groups -OCH3 is 2. The van der Waals surface area contributed by atoms with E-state index >= 15 is 0 Å². The number of quaternary nitrogens is 1. The maximum absolute atomic E-state index is 12.8. The highest BCUT2D eigenvalue weighted by atomic mass is 16.5. The van der Waals surface area contributed by atoms with Crippen molar-refractivity contribution in [2.24, 2.45) is 0 Å². The van der Waals surface area contributed by atoms with Crippen molar-refractivity contribution in [1.29, 1.82) is 0 Å². The molecule has 144 valence electrons. The molecule has 0 heterocycles. The van der Waals surface area contributed by atoms with Crippen molar-refractivity contribution in [3.8, 4) is 11.5 Å². The molecule has 7 nitrogen and oxygen atoms in total. The average molecular weight is 372 g/mol. The van der Waals surface area contributed by atoms with E-state index in [0.29, 0.717) is 18.0 Å². The first-order chi connectivity index (χ1) is 13.0. The van der Waals surface area contributed by atoms with Crippen molar-refractivity contribution in [3.05, 3.63) is 59.7 Å². The van der Waals surface area contributed by atoms with E-state index in [0.717, 1.165) is 16.0 Å². The number of urea groups is 1. The first kappa shape index (κ1) is 20.3. The number of benzene rings is 2. The Bertz CT molecular complexity index is 780. The van der Waals surface area contributed by atoms with Crippen LogP contribution >= 0.6 is 0 Å². The van der Waals surface area contributed by atoms with Crippen LogP contribution in [0.4, 0.5) is 4.79 Å². The van der Waals surface area contributed by atoms with Crippen LogP contribution in [0.2, 0.25) is 0 Å². The van der Waals surface area contributed by atoms with Gasteiger partial charge in [-0.1, -0.05) is 30.3 Å². The molecule has 0 aliphatic heterocycles. The fourth-order valence-corrected chi connectivity index (χ4v) is 2.95. The second-order valence-corrected chi connectivity index (χ2v) is 6.11. The van der Waals surface area contributed by atoms with Gasteiger partial charge >= 0.3 is 6.03 Å². The van der Waals surface area contributed by atoms with E-state index in [-0.39, 0.29) is 5.91 Å². The molecule has 0 spiro atoms. The molecule has 3 N–H and O–H groups in total. The van der Waals surface area contributed by atoms with Gasteiger partial charge in [-0.25, -0.2) is 4.79 Å². The minimum absolute atomic E-state index is 0.370. The lowest BCUT2D eigenvalue weighted by Crippen LogP contribution is -3.09. The number of hydrogen-bond acceptors (Lipinski definition) is 4. The summed E-state index contributed by atoms with van der Waals surface area (Å²) in [5, 5.41) is 4.79. The van der Waals surface area contributed by atoms with Crippen LogP contribution in [0.25, 0.3) is 0 Å². The van der Waals surface area contributed by atoms with Gasteiger partial charge in [-0.2, -0.15) is 0 Å². The lowest BCUT2D eigenvalue weighted by molar-refractivity contribution is -0.916. The fourth-order valence-electron chi connectivity index (χ4n) is 2.95. The van der Waals surface area contributed by atoms with Crippen LogP contribution in [0.1, 0.15) is 17.2 Å².